The van der Waals surface area contributed by atoms with E-state index in [2.05, 4.69) is 4.98 Å². The van der Waals surface area contributed by atoms with Crippen molar-refractivity contribution in [2.24, 2.45) is 0 Å². The molecule has 0 fully saturated rings. The zero-order chi connectivity index (χ0) is 23.2. The second kappa shape index (κ2) is 10.4. The van der Waals surface area contributed by atoms with Crippen LogP contribution in [0.2, 0.25) is 0 Å². The van der Waals surface area contributed by atoms with Crippen molar-refractivity contribution in [1.82, 2.24) is 14.5 Å². The Morgan fingerprint density at radius 2 is 1.73 bits per heavy atom. The summed E-state index contributed by atoms with van der Waals surface area (Å²) >= 11 is 1.37. The molecule has 168 valence electrons. The van der Waals surface area contributed by atoms with Crippen LogP contribution in [0.4, 0.5) is 4.39 Å². The van der Waals surface area contributed by atoms with Crippen molar-refractivity contribution in [3.05, 3.63) is 96.4 Å². The van der Waals surface area contributed by atoms with Gasteiger partial charge >= 0.3 is 0 Å². The lowest BCUT2D eigenvalue weighted by Crippen LogP contribution is -2.27. The van der Waals surface area contributed by atoms with E-state index < -0.39 is 0 Å². The molecule has 0 radical (unpaired) electrons. The fourth-order valence-electron chi connectivity index (χ4n) is 3.48. The van der Waals surface area contributed by atoms with Gasteiger partial charge in [-0.15, -0.1) is 0 Å². The van der Waals surface area contributed by atoms with Crippen LogP contribution in [-0.2, 0) is 11.3 Å². The predicted molar refractivity (Wildman–Crippen MR) is 129 cm³/mol. The minimum atomic E-state index is -0.291. The van der Waals surface area contributed by atoms with Gasteiger partial charge in [-0.3, -0.25) is 9.36 Å². The average molecular weight is 462 g/mol. The number of methoxy groups -OCH3 is 1. The van der Waals surface area contributed by atoms with Crippen LogP contribution < -0.4 is 4.74 Å². The zero-order valence-corrected chi connectivity index (χ0v) is 19.3. The molecule has 0 N–H and O–H groups in total. The Balaban J connectivity index is 1.58. The van der Waals surface area contributed by atoms with Crippen molar-refractivity contribution in [2.75, 3.05) is 19.9 Å². The number of nitrogens with zero attached hydrogens (tertiary/aromatic N) is 3. The first-order chi connectivity index (χ1) is 16.1. The van der Waals surface area contributed by atoms with Gasteiger partial charge in [-0.2, -0.15) is 0 Å². The first kappa shape index (κ1) is 22.6. The zero-order valence-electron chi connectivity index (χ0n) is 18.4. The molecule has 1 aromatic heterocycles. The third-order valence-electron chi connectivity index (χ3n) is 5.21. The maximum Gasteiger partial charge on any atom is 0.233 e. The summed E-state index contributed by atoms with van der Waals surface area (Å²) in [4.78, 5) is 19.1. The minimum Gasteiger partial charge on any atom is -0.495 e. The second-order valence-corrected chi connectivity index (χ2v) is 8.41. The molecular formula is C26H24FN3O2S. The molecule has 0 aliphatic carbocycles. The van der Waals surface area contributed by atoms with Crippen LogP contribution in [-0.4, -0.2) is 40.3 Å². The predicted octanol–water partition coefficient (Wildman–Crippen LogP) is 5.44. The van der Waals surface area contributed by atoms with E-state index in [0.717, 1.165) is 22.5 Å². The van der Waals surface area contributed by atoms with Crippen molar-refractivity contribution >= 4 is 17.7 Å². The molecule has 4 aromatic rings. The van der Waals surface area contributed by atoms with Crippen molar-refractivity contribution < 1.29 is 13.9 Å². The molecule has 0 bridgehead atoms. The van der Waals surface area contributed by atoms with Gasteiger partial charge in [0.05, 0.1) is 30.4 Å². The van der Waals surface area contributed by atoms with Gasteiger partial charge in [0.2, 0.25) is 5.91 Å². The molecule has 3 aromatic carbocycles. The highest BCUT2D eigenvalue weighted by atomic mass is 32.2. The molecular weight excluding hydrogens is 437 g/mol. The van der Waals surface area contributed by atoms with Crippen molar-refractivity contribution in [3.63, 3.8) is 0 Å². The number of para-hydroxylation sites is 2. The Hall–Kier alpha value is -3.58. The van der Waals surface area contributed by atoms with Crippen molar-refractivity contribution in [2.45, 2.75) is 11.7 Å². The number of benzene rings is 3. The van der Waals surface area contributed by atoms with Gasteiger partial charge in [0.1, 0.15) is 11.6 Å². The number of hydrogen-bond donors (Lipinski definition) is 0. The van der Waals surface area contributed by atoms with Crippen molar-refractivity contribution in [1.29, 1.82) is 0 Å². The summed E-state index contributed by atoms with van der Waals surface area (Å²) in [5.41, 5.74) is 3.65. The summed E-state index contributed by atoms with van der Waals surface area (Å²) in [6, 6.07) is 23.9. The number of carbonyl (C=O) groups excluding carboxylic acids is 1. The smallest absolute Gasteiger partial charge is 0.233 e. The van der Waals surface area contributed by atoms with Gasteiger partial charge in [0.25, 0.3) is 0 Å². The number of rotatable bonds is 8. The highest BCUT2D eigenvalue weighted by Gasteiger charge is 2.19. The van der Waals surface area contributed by atoms with E-state index >= 15 is 0 Å². The molecule has 0 spiro atoms. The third kappa shape index (κ3) is 5.26. The molecule has 0 saturated carbocycles. The van der Waals surface area contributed by atoms with E-state index in [1.54, 1.807) is 31.2 Å². The fraction of sp³-hybridized carbons (Fsp3) is 0.154. The van der Waals surface area contributed by atoms with Gasteiger partial charge in [-0.05, 0) is 29.8 Å². The molecule has 0 saturated heterocycles. The molecule has 33 heavy (non-hydrogen) atoms. The van der Waals surface area contributed by atoms with Gasteiger partial charge in [0.15, 0.2) is 5.16 Å². The summed E-state index contributed by atoms with van der Waals surface area (Å²) < 4.78 is 20.8. The van der Waals surface area contributed by atoms with E-state index in [9.17, 15) is 9.18 Å². The molecule has 0 aliphatic heterocycles. The Morgan fingerprint density at radius 3 is 2.45 bits per heavy atom. The van der Waals surface area contributed by atoms with Crippen LogP contribution in [0.1, 0.15) is 5.56 Å². The van der Waals surface area contributed by atoms with E-state index in [-0.39, 0.29) is 17.5 Å². The molecule has 4 rings (SSSR count). The maximum atomic E-state index is 13.1. The highest BCUT2D eigenvalue weighted by molar-refractivity contribution is 7.99. The number of halogens is 1. The molecule has 5 nitrogen and oxygen atoms in total. The van der Waals surface area contributed by atoms with Gasteiger partial charge in [0, 0.05) is 19.2 Å². The van der Waals surface area contributed by atoms with E-state index in [4.69, 9.17) is 4.74 Å². The molecule has 1 heterocycles. The summed E-state index contributed by atoms with van der Waals surface area (Å²) in [5, 5.41) is 0.696. The lowest BCUT2D eigenvalue weighted by atomic mass is 10.1. The Morgan fingerprint density at radius 1 is 1.03 bits per heavy atom. The van der Waals surface area contributed by atoms with Crippen molar-refractivity contribution in [3.8, 4) is 22.7 Å². The monoisotopic (exact) mass is 461 g/mol. The van der Waals surface area contributed by atoms with Gasteiger partial charge < -0.3 is 9.64 Å². The van der Waals surface area contributed by atoms with Crippen LogP contribution >= 0.6 is 11.8 Å². The Kier molecular flexibility index (Phi) is 7.10. The summed E-state index contributed by atoms with van der Waals surface area (Å²) in [6.45, 7) is 0.413. The standard InChI is InChI=1S/C26H24FN3O2S/c1-29(17-19-12-14-21(27)15-13-19)25(31)18-33-26-28-16-23(20-8-4-3-5-9-20)30(26)22-10-6-7-11-24(22)32-2/h3-16H,17-18H2,1-2H3. The number of aromatic nitrogens is 2. The number of ether oxygens (including phenoxy) is 1. The normalized spacial score (nSPS) is 10.8. The molecule has 7 heteroatoms. The quantitative estimate of drug-likeness (QED) is 0.328. The average Bonchev–Trinajstić information content (AvgIpc) is 3.28. The van der Waals surface area contributed by atoms with Crippen LogP contribution in [0.5, 0.6) is 5.75 Å². The maximum absolute atomic E-state index is 13.1. The van der Waals surface area contributed by atoms with Gasteiger partial charge in [-0.1, -0.05) is 66.4 Å². The summed E-state index contributed by atoms with van der Waals surface area (Å²) in [6.07, 6.45) is 1.82. The van der Waals surface area contributed by atoms with E-state index in [1.165, 1.54) is 23.9 Å². The lowest BCUT2D eigenvalue weighted by Gasteiger charge is -2.18. The third-order valence-corrected chi connectivity index (χ3v) is 6.15. The number of hydrogen-bond acceptors (Lipinski definition) is 4. The van der Waals surface area contributed by atoms with Crippen LogP contribution in [0.3, 0.4) is 0 Å². The first-order valence-electron chi connectivity index (χ1n) is 10.4. The Labute approximate surface area is 196 Å². The largest absolute Gasteiger partial charge is 0.495 e. The Bertz CT molecular complexity index is 1230. The minimum absolute atomic E-state index is 0.0415. The molecule has 0 aliphatic rings. The lowest BCUT2D eigenvalue weighted by molar-refractivity contribution is -0.127. The highest BCUT2D eigenvalue weighted by Crippen LogP contribution is 2.33. The number of thioether (sulfide) groups is 1. The van der Waals surface area contributed by atoms with E-state index in [0.29, 0.717) is 17.5 Å². The molecule has 1 amide bonds. The summed E-state index contributed by atoms with van der Waals surface area (Å²) in [7, 11) is 3.38. The molecule has 0 unspecified atom stereocenters. The number of carbonyl (C=O) groups is 1. The fourth-order valence-corrected chi connectivity index (χ4v) is 4.41. The van der Waals surface area contributed by atoms with Crippen LogP contribution in [0, 0.1) is 5.82 Å². The number of imidazole rings is 1. The topological polar surface area (TPSA) is 47.4 Å². The molecule has 0 atom stereocenters. The first-order valence-corrected chi connectivity index (χ1v) is 11.4. The van der Waals surface area contributed by atoms with Crippen LogP contribution in [0.25, 0.3) is 16.9 Å². The van der Waals surface area contributed by atoms with Gasteiger partial charge in [-0.25, -0.2) is 9.37 Å². The number of amides is 1. The second-order valence-electron chi connectivity index (χ2n) is 7.46. The summed E-state index contributed by atoms with van der Waals surface area (Å²) in [5.74, 6) is 0.605. The SMILES string of the molecule is COc1ccccc1-n1c(-c2ccccc2)cnc1SCC(=O)N(C)Cc1ccc(F)cc1. The van der Waals surface area contributed by atoms with Crippen LogP contribution in [0.15, 0.2) is 90.2 Å². The van der Waals surface area contributed by atoms with E-state index in [1.807, 2.05) is 65.4 Å².